The lowest BCUT2D eigenvalue weighted by atomic mass is 9.89. The lowest BCUT2D eigenvalue weighted by molar-refractivity contribution is -0.123. The number of benzene rings is 2. The number of ether oxygens (including phenoxy) is 1. The van der Waals surface area contributed by atoms with Gasteiger partial charge in [-0.15, -0.1) is 0 Å². The molecule has 0 spiro atoms. The first-order chi connectivity index (χ1) is 21.0. The molecular formula is C36H50N4O3. The van der Waals surface area contributed by atoms with E-state index in [1.54, 1.807) is 14.0 Å². The average molecular weight is 587 g/mol. The number of Topliss-reactive ketones (excluding diaryl/α,β-unsaturated/α-hetero) is 1. The number of methoxy groups -OCH3 is 1. The van der Waals surface area contributed by atoms with Crippen molar-refractivity contribution in [2.45, 2.75) is 83.2 Å². The lowest BCUT2D eigenvalue weighted by Gasteiger charge is -2.40. The molecule has 232 valence electrons. The van der Waals surface area contributed by atoms with Crippen LogP contribution in [0.2, 0.25) is 0 Å². The van der Waals surface area contributed by atoms with Crippen molar-refractivity contribution in [2.24, 2.45) is 5.92 Å². The minimum atomic E-state index is -0.0545. The van der Waals surface area contributed by atoms with Crippen LogP contribution in [0, 0.1) is 5.92 Å². The monoisotopic (exact) mass is 586 g/mol. The summed E-state index contributed by atoms with van der Waals surface area (Å²) in [4.78, 5) is 34.5. The van der Waals surface area contributed by atoms with E-state index in [1.807, 2.05) is 24.3 Å². The largest absolute Gasteiger partial charge is 0.496 e. The predicted octanol–water partition coefficient (Wildman–Crippen LogP) is 5.77. The maximum atomic E-state index is 13.4. The third-order valence-electron chi connectivity index (χ3n) is 9.73. The molecule has 43 heavy (non-hydrogen) atoms. The Hall–Kier alpha value is -3.16. The van der Waals surface area contributed by atoms with Crippen molar-refractivity contribution in [3.05, 3.63) is 65.9 Å². The number of carbonyl (C=O) groups excluding carboxylic acids is 2. The van der Waals surface area contributed by atoms with Gasteiger partial charge in [-0.3, -0.25) is 14.5 Å². The number of hydrogen-bond donors (Lipinski definition) is 2. The fourth-order valence-electron chi connectivity index (χ4n) is 7.19. The van der Waals surface area contributed by atoms with Crippen molar-refractivity contribution in [3.8, 4) is 5.75 Å². The quantitative estimate of drug-likeness (QED) is 0.251. The van der Waals surface area contributed by atoms with Gasteiger partial charge in [-0.1, -0.05) is 42.8 Å². The van der Waals surface area contributed by atoms with Crippen LogP contribution in [0.3, 0.4) is 0 Å². The third kappa shape index (κ3) is 8.70. The second kappa shape index (κ2) is 15.5. The first-order valence-corrected chi connectivity index (χ1v) is 16.4. The number of aryl methyl sites for hydroxylation is 1. The molecule has 0 bridgehead atoms. The number of ketones is 1. The molecule has 1 aromatic heterocycles. The molecule has 2 aliphatic rings. The molecule has 7 heteroatoms. The number of aromatic nitrogens is 1. The van der Waals surface area contributed by atoms with Crippen LogP contribution in [0.4, 0.5) is 0 Å². The Morgan fingerprint density at radius 2 is 1.67 bits per heavy atom. The van der Waals surface area contributed by atoms with Crippen LogP contribution in [0.15, 0.2) is 54.7 Å². The number of piperidine rings is 2. The molecule has 2 N–H and O–H groups in total. The van der Waals surface area contributed by atoms with Crippen LogP contribution in [0.1, 0.15) is 69.4 Å². The Labute approximate surface area is 257 Å². The Morgan fingerprint density at radius 1 is 0.930 bits per heavy atom. The number of nitrogens with one attached hydrogen (secondary N) is 2. The van der Waals surface area contributed by atoms with Gasteiger partial charge in [0.05, 0.1) is 13.7 Å². The predicted molar refractivity (Wildman–Crippen MR) is 174 cm³/mol. The van der Waals surface area contributed by atoms with Gasteiger partial charge in [0.2, 0.25) is 5.91 Å². The zero-order valence-corrected chi connectivity index (χ0v) is 26.2. The van der Waals surface area contributed by atoms with Gasteiger partial charge in [0, 0.05) is 48.2 Å². The zero-order chi connectivity index (χ0) is 30.0. The summed E-state index contributed by atoms with van der Waals surface area (Å²) in [5.41, 5.74) is 3.44. The Morgan fingerprint density at radius 3 is 2.44 bits per heavy atom. The summed E-state index contributed by atoms with van der Waals surface area (Å²) in [5.74, 6) is 1.12. The van der Waals surface area contributed by atoms with Crippen molar-refractivity contribution >= 4 is 22.6 Å². The van der Waals surface area contributed by atoms with Crippen molar-refractivity contribution in [1.82, 2.24) is 20.1 Å². The van der Waals surface area contributed by atoms with Crippen LogP contribution >= 0.6 is 0 Å². The van der Waals surface area contributed by atoms with Gasteiger partial charge in [0.25, 0.3) is 0 Å². The highest BCUT2D eigenvalue weighted by atomic mass is 16.5. The summed E-state index contributed by atoms with van der Waals surface area (Å²) in [6.07, 6.45) is 12.2. The molecular weight excluding hydrogens is 536 g/mol. The van der Waals surface area contributed by atoms with Gasteiger partial charge in [-0.25, -0.2) is 0 Å². The molecule has 7 nitrogen and oxygen atoms in total. The van der Waals surface area contributed by atoms with Crippen LogP contribution in [-0.4, -0.2) is 78.4 Å². The summed E-state index contributed by atoms with van der Waals surface area (Å²) >= 11 is 0. The second-order valence-corrected chi connectivity index (χ2v) is 12.7. The minimum Gasteiger partial charge on any atom is -0.496 e. The Kier molecular flexibility index (Phi) is 11.3. The number of nitrogens with zero attached hydrogens (tertiary/aromatic N) is 2. The van der Waals surface area contributed by atoms with E-state index in [4.69, 9.17) is 4.74 Å². The molecule has 0 aliphatic carbocycles. The molecule has 3 aromatic rings. The van der Waals surface area contributed by atoms with Gasteiger partial charge >= 0.3 is 0 Å². The molecule has 1 amide bonds. The van der Waals surface area contributed by atoms with Crippen molar-refractivity contribution in [2.75, 3.05) is 39.8 Å². The topological polar surface area (TPSA) is 77.7 Å². The van der Waals surface area contributed by atoms with Gasteiger partial charge in [-0.2, -0.15) is 0 Å². The van der Waals surface area contributed by atoms with Crippen LogP contribution in [0.25, 0.3) is 10.9 Å². The SMILES string of the molecule is COc1ccccc1CCC(CC[C@@H](Cc1c[nH]c2ccccc12)NC(=O)CN1CCC(N2CCCCC2)CC1)C(C)=O. The lowest BCUT2D eigenvalue weighted by Crippen LogP contribution is -2.49. The number of hydrogen-bond acceptors (Lipinski definition) is 5. The molecule has 2 saturated heterocycles. The number of likely N-dealkylation sites (tertiary alicyclic amines) is 2. The summed E-state index contributed by atoms with van der Waals surface area (Å²) in [7, 11) is 1.69. The summed E-state index contributed by atoms with van der Waals surface area (Å²) in [5, 5.41) is 4.59. The normalized spacial score (nSPS) is 18.4. The molecule has 2 aromatic carbocycles. The maximum Gasteiger partial charge on any atom is 0.234 e. The van der Waals surface area contributed by atoms with Gasteiger partial charge in [0.15, 0.2) is 0 Å². The van der Waals surface area contributed by atoms with Gasteiger partial charge in [0.1, 0.15) is 11.5 Å². The Bertz CT molecular complexity index is 1320. The van der Waals surface area contributed by atoms with Crippen molar-refractivity contribution in [1.29, 1.82) is 0 Å². The first-order valence-electron chi connectivity index (χ1n) is 16.4. The number of H-pyrrole nitrogens is 1. The van der Waals surface area contributed by atoms with Crippen molar-refractivity contribution < 1.29 is 14.3 Å². The van der Waals surface area contributed by atoms with Gasteiger partial charge in [-0.05, 0) is 101 Å². The number of aromatic amines is 1. The molecule has 2 atom stereocenters. The highest BCUT2D eigenvalue weighted by Gasteiger charge is 2.27. The highest BCUT2D eigenvalue weighted by Crippen LogP contribution is 2.26. The van der Waals surface area contributed by atoms with E-state index in [-0.39, 0.29) is 23.7 Å². The maximum absolute atomic E-state index is 13.4. The fraction of sp³-hybridized carbons (Fsp3) is 0.556. The van der Waals surface area contributed by atoms with E-state index in [1.165, 1.54) is 43.3 Å². The first kappa shape index (κ1) is 31.3. The summed E-state index contributed by atoms with van der Waals surface area (Å²) < 4.78 is 5.53. The second-order valence-electron chi connectivity index (χ2n) is 12.7. The van der Waals surface area contributed by atoms with E-state index in [0.717, 1.165) is 74.9 Å². The van der Waals surface area contributed by atoms with Crippen LogP contribution < -0.4 is 10.1 Å². The van der Waals surface area contributed by atoms with Gasteiger partial charge < -0.3 is 19.9 Å². The van der Waals surface area contributed by atoms with E-state index in [0.29, 0.717) is 12.6 Å². The molecule has 3 heterocycles. The number of carbonyl (C=O) groups is 2. The molecule has 0 saturated carbocycles. The van der Waals surface area contributed by atoms with E-state index in [2.05, 4.69) is 50.6 Å². The van der Waals surface area contributed by atoms with Crippen molar-refractivity contribution in [3.63, 3.8) is 0 Å². The van der Waals surface area contributed by atoms with E-state index >= 15 is 0 Å². The van der Waals surface area contributed by atoms with Crippen LogP contribution in [-0.2, 0) is 22.4 Å². The smallest absolute Gasteiger partial charge is 0.234 e. The molecule has 2 aliphatic heterocycles. The molecule has 2 fully saturated rings. The number of fused-ring (bicyclic) bond motifs is 1. The average Bonchev–Trinajstić information content (AvgIpc) is 3.44. The number of para-hydroxylation sites is 2. The van der Waals surface area contributed by atoms with E-state index in [9.17, 15) is 9.59 Å². The molecule has 0 radical (unpaired) electrons. The zero-order valence-electron chi connectivity index (χ0n) is 26.2. The molecule has 1 unspecified atom stereocenters. The minimum absolute atomic E-state index is 0.0364. The standard InChI is InChI=1S/C36H50N4O3/c1-27(41)28(14-15-29-10-4-7-13-35(29)43-2)16-17-31(24-30-25-37-34-12-6-5-11-33(30)34)38-36(42)26-39-22-18-32(19-23-39)40-20-8-3-9-21-40/h4-7,10-13,25,28,31-32,37H,3,8-9,14-24,26H2,1-2H3,(H,38,42)/t28?,31-/m0/s1. The number of amides is 1. The third-order valence-corrected chi connectivity index (χ3v) is 9.73. The van der Waals surface area contributed by atoms with E-state index < -0.39 is 0 Å². The van der Waals surface area contributed by atoms with Crippen LogP contribution in [0.5, 0.6) is 5.75 Å². The molecule has 5 rings (SSSR count). The highest BCUT2D eigenvalue weighted by molar-refractivity contribution is 5.83. The fourth-order valence-corrected chi connectivity index (χ4v) is 7.19. The summed E-state index contributed by atoms with van der Waals surface area (Å²) in [6, 6.07) is 17.0. The summed E-state index contributed by atoms with van der Waals surface area (Å²) in [6.45, 7) is 6.59. The Balaban J connectivity index is 1.19. The number of rotatable bonds is 14.